The number of rotatable bonds is 5. The number of nitriles is 1. The first kappa shape index (κ1) is 20.6. The lowest BCUT2D eigenvalue weighted by molar-refractivity contribution is -0.112. The Labute approximate surface area is 184 Å². The first-order valence-corrected chi connectivity index (χ1v) is 10.4. The molecule has 3 rings (SSSR count). The van der Waals surface area contributed by atoms with Crippen LogP contribution in [0.5, 0.6) is 0 Å². The SMILES string of the molecule is N#C/C(=C/c1ccc(Cl)cc1Cl)C(=O)Nc1ncc(Cc2ccc(Br)cc2)s1. The maximum absolute atomic E-state index is 12.4. The van der Waals surface area contributed by atoms with E-state index < -0.39 is 5.91 Å². The van der Waals surface area contributed by atoms with Crippen molar-refractivity contribution in [3.05, 3.63) is 84.8 Å². The van der Waals surface area contributed by atoms with Crippen LogP contribution in [0.3, 0.4) is 0 Å². The predicted octanol–water partition coefficient (Wildman–Crippen LogP) is 6.35. The second-order valence-electron chi connectivity index (χ2n) is 5.72. The lowest BCUT2D eigenvalue weighted by atomic mass is 10.1. The molecule has 0 radical (unpaired) electrons. The molecule has 0 saturated carbocycles. The summed E-state index contributed by atoms with van der Waals surface area (Å²) in [7, 11) is 0. The van der Waals surface area contributed by atoms with Gasteiger partial charge in [0.1, 0.15) is 11.6 Å². The molecule has 0 atom stereocenters. The molecule has 8 heteroatoms. The number of benzene rings is 2. The van der Waals surface area contributed by atoms with E-state index in [2.05, 4.69) is 26.2 Å². The Morgan fingerprint density at radius 2 is 2.00 bits per heavy atom. The van der Waals surface area contributed by atoms with Gasteiger partial charge in [0.05, 0.1) is 0 Å². The molecule has 140 valence electrons. The topological polar surface area (TPSA) is 65.8 Å². The van der Waals surface area contributed by atoms with Gasteiger partial charge in [0.25, 0.3) is 5.91 Å². The van der Waals surface area contributed by atoms with Crippen molar-refractivity contribution in [1.29, 1.82) is 5.26 Å². The molecule has 4 nitrogen and oxygen atoms in total. The van der Waals surface area contributed by atoms with Gasteiger partial charge in [-0.2, -0.15) is 5.26 Å². The molecule has 0 aliphatic rings. The summed E-state index contributed by atoms with van der Waals surface area (Å²) in [6, 6.07) is 14.7. The van der Waals surface area contributed by atoms with Crippen molar-refractivity contribution in [2.75, 3.05) is 5.32 Å². The number of aromatic nitrogens is 1. The Balaban J connectivity index is 1.71. The molecular formula is C20H12BrCl2N3OS. The molecule has 0 saturated heterocycles. The summed E-state index contributed by atoms with van der Waals surface area (Å²) in [6.45, 7) is 0. The van der Waals surface area contributed by atoms with Gasteiger partial charge in [-0.15, -0.1) is 11.3 Å². The number of carbonyl (C=O) groups excluding carboxylic acids is 1. The third kappa shape index (κ3) is 5.43. The Bertz CT molecular complexity index is 1090. The number of carbonyl (C=O) groups is 1. The minimum absolute atomic E-state index is 0.0751. The van der Waals surface area contributed by atoms with Gasteiger partial charge in [0.2, 0.25) is 0 Å². The first-order valence-electron chi connectivity index (χ1n) is 8.02. The van der Waals surface area contributed by atoms with Gasteiger partial charge in [-0.25, -0.2) is 4.98 Å². The van der Waals surface area contributed by atoms with E-state index >= 15 is 0 Å². The van der Waals surface area contributed by atoms with Crippen molar-refractivity contribution >= 4 is 67.6 Å². The number of hydrogen-bond acceptors (Lipinski definition) is 4. The van der Waals surface area contributed by atoms with Crippen LogP contribution < -0.4 is 5.32 Å². The Kier molecular flexibility index (Phi) is 6.87. The van der Waals surface area contributed by atoms with Crippen molar-refractivity contribution in [3.63, 3.8) is 0 Å². The van der Waals surface area contributed by atoms with Gasteiger partial charge in [-0.1, -0.05) is 57.3 Å². The number of nitrogens with one attached hydrogen (secondary N) is 1. The summed E-state index contributed by atoms with van der Waals surface area (Å²) in [6.07, 6.45) is 3.85. The highest BCUT2D eigenvalue weighted by atomic mass is 79.9. The fraction of sp³-hybridized carbons (Fsp3) is 0.0500. The number of nitrogens with zero attached hydrogens (tertiary/aromatic N) is 2. The molecular weight excluding hydrogens is 481 g/mol. The van der Waals surface area contributed by atoms with E-state index in [9.17, 15) is 10.1 Å². The summed E-state index contributed by atoms with van der Waals surface area (Å²) in [4.78, 5) is 17.6. The fourth-order valence-electron chi connectivity index (χ4n) is 2.34. The third-order valence-electron chi connectivity index (χ3n) is 3.69. The van der Waals surface area contributed by atoms with E-state index in [4.69, 9.17) is 23.2 Å². The second-order valence-corrected chi connectivity index (χ2v) is 8.60. The predicted molar refractivity (Wildman–Crippen MR) is 118 cm³/mol. The highest BCUT2D eigenvalue weighted by Gasteiger charge is 2.13. The van der Waals surface area contributed by atoms with Gasteiger partial charge < -0.3 is 0 Å². The van der Waals surface area contributed by atoms with Crippen LogP contribution in [0.2, 0.25) is 10.0 Å². The maximum Gasteiger partial charge on any atom is 0.268 e. The van der Waals surface area contributed by atoms with Gasteiger partial charge in [0.15, 0.2) is 5.13 Å². The molecule has 1 amide bonds. The lowest BCUT2D eigenvalue weighted by Gasteiger charge is -2.02. The highest BCUT2D eigenvalue weighted by Crippen LogP contribution is 2.25. The van der Waals surface area contributed by atoms with E-state index in [1.165, 1.54) is 17.4 Å². The van der Waals surface area contributed by atoms with Crippen LogP contribution in [0.4, 0.5) is 5.13 Å². The highest BCUT2D eigenvalue weighted by molar-refractivity contribution is 9.10. The number of anilines is 1. The van der Waals surface area contributed by atoms with Crippen LogP contribution in [-0.2, 0) is 11.2 Å². The summed E-state index contributed by atoms with van der Waals surface area (Å²) in [5.41, 5.74) is 1.60. The standard InChI is InChI=1S/C20H12BrCl2N3OS/c21-15-4-1-12(2-5-15)7-17-11-25-20(28-17)26-19(27)14(10-24)8-13-3-6-16(22)9-18(13)23/h1-6,8-9,11H,7H2,(H,25,26,27)/b14-8-. The van der Waals surface area contributed by atoms with Crippen molar-refractivity contribution in [2.24, 2.45) is 0 Å². The summed E-state index contributed by atoms with van der Waals surface area (Å²) in [5, 5.41) is 13.3. The van der Waals surface area contributed by atoms with Crippen LogP contribution in [0, 0.1) is 11.3 Å². The monoisotopic (exact) mass is 491 g/mol. The molecule has 0 fully saturated rings. The second kappa shape index (κ2) is 9.35. The molecule has 1 heterocycles. The summed E-state index contributed by atoms with van der Waals surface area (Å²) in [5.74, 6) is -0.543. The largest absolute Gasteiger partial charge is 0.297 e. The van der Waals surface area contributed by atoms with E-state index in [-0.39, 0.29) is 5.57 Å². The quantitative estimate of drug-likeness (QED) is 0.333. The molecule has 0 unspecified atom stereocenters. The van der Waals surface area contributed by atoms with Gasteiger partial charge in [-0.3, -0.25) is 10.1 Å². The average Bonchev–Trinajstić information content (AvgIpc) is 3.09. The van der Waals surface area contributed by atoms with E-state index in [0.717, 1.165) is 14.9 Å². The van der Waals surface area contributed by atoms with Crippen molar-refractivity contribution in [3.8, 4) is 6.07 Å². The summed E-state index contributed by atoms with van der Waals surface area (Å²) >= 11 is 16.7. The Hall–Kier alpha value is -2.17. The van der Waals surface area contributed by atoms with Crippen molar-refractivity contribution < 1.29 is 4.79 Å². The zero-order chi connectivity index (χ0) is 20.1. The molecule has 0 bridgehead atoms. The van der Waals surface area contributed by atoms with Crippen LogP contribution in [-0.4, -0.2) is 10.9 Å². The number of amides is 1. The van der Waals surface area contributed by atoms with Gasteiger partial charge in [-0.05, 0) is 41.5 Å². The zero-order valence-electron chi connectivity index (χ0n) is 14.2. The average molecular weight is 493 g/mol. The maximum atomic E-state index is 12.4. The minimum Gasteiger partial charge on any atom is -0.297 e. The fourth-order valence-corrected chi connectivity index (χ4v) is 3.91. The molecule has 0 spiro atoms. The molecule has 2 aromatic carbocycles. The smallest absolute Gasteiger partial charge is 0.268 e. The number of thiazole rings is 1. The molecule has 28 heavy (non-hydrogen) atoms. The van der Waals surface area contributed by atoms with E-state index in [1.807, 2.05) is 30.3 Å². The van der Waals surface area contributed by atoms with Crippen LogP contribution in [0.15, 0.2) is 58.7 Å². The van der Waals surface area contributed by atoms with E-state index in [1.54, 1.807) is 24.4 Å². The molecule has 1 aromatic heterocycles. The number of halogens is 3. The summed E-state index contributed by atoms with van der Waals surface area (Å²) < 4.78 is 1.02. The Morgan fingerprint density at radius 3 is 2.68 bits per heavy atom. The van der Waals surface area contributed by atoms with Gasteiger partial charge >= 0.3 is 0 Å². The van der Waals surface area contributed by atoms with Crippen LogP contribution in [0.25, 0.3) is 6.08 Å². The van der Waals surface area contributed by atoms with Crippen LogP contribution in [0.1, 0.15) is 16.0 Å². The molecule has 3 aromatic rings. The molecule has 0 aliphatic heterocycles. The molecule has 1 N–H and O–H groups in total. The number of hydrogen-bond donors (Lipinski definition) is 1. The first-order chi connectivity index (χ1) is 13.4. The van der Waals surface area contributed by atoms with E-state index in [0.29, 0.717) is 27.2 Å². The normalized spacial score (nSPS) is 11.1. The third-order valence-corrected chi connectivity index (χ3v) is 5.70. The van der Waals surface area contributed by atoms with Gasteiger partial charge in [0, 0.05) is 32.0 Å². The Morgan fingerprint density at radius 1 is 1.25 bits per heavy atom. The lowest BCUT2D eigenvalue weighted by Crippen LogP contribution is -2.13. The van der Waals surface area contributed by atoms with Crippen molar-refractivity contribution in [1.82, 2.24) is 4.98 Å². The zero-order valence-corrected chi connectivity index (χ0v) is 18.2. The minimum atomic E-state index is -0.543. The molecule has 0 aliphatic carbocycles. The van der Waals surface area contributed by atoms with Crippen LogP contribution >= 0.6 is 50.5 Å². The van der Waals surface area contributed by atoms with Crippen molar-refractivity contribution in [2.45, 2.75) is 6.42 Å².